The van der Waals surface area contributed by atoms with E-state index in [1.807, 2.05) is 13.8 Å². The lowest BCUT2D eigenvalue weighted by atomic mass is 9.76. The van der Waals surface area contributed by atoms with Crippen LogP contribution in [-0.2, 0) is 19.1 Å². The van der Waals surface area contributed by atoms with Gasteiger partial charge in [0.2, 0.25) is 0 Å². The molecule has 9 nitrogen and oxygen atoms in total. The van der Waals surface area contributed by atoms with Crippen molar-refractivity contribution in [3.63, 3.8) is 0 Å². The molecule has 2 aliphatic heterocycles. The van der Waals surface area contributed by atoms with E-state index in [1.165, 1.54) is 72.3 Å². The molecule has 1 aliphatic carbocycles. The lowest BCUT2D eigenvalue weighted by Crippen LogP contribution is -2.40. The van der Waals surface area contributed by atoms with Gasteiger partial charge in [0, 0.05) is 30.4 Å². The number of dihydropyridines is 1. The number of likely N-dealkylation sites (tertiary alicyclic amines) is 1. The number of rotatable bonds is 12. The average molecular weight is 547 g/mol. The van der Waals surface area contributed by atoms with Gasteiger partial charge in [-0.3, -0.25) is 0 Å². The first-order valence-corrected chi connectivity index (χ1v) is 14.9. The number of ether oxygens (including phenoxy) is 2. The van der Waals surface area contributed by atoms with Crippen molar-refractivity contribution in [3.05, 3.63) is 22.5 Å². The fraction of sp³-hybridized carbons (Fsp3) is 0.767. The average Bonchev–Trinajstić information content (AvgIpc) is 2.95. The van der Waals surface area contributed by atoms with Gasteiger partial charge in [0.1, 0.15) is 0 Å². The van der Waals surface area contributed by atoms with Crippen LogP contribution < -0.4 is 16.0 Å². The Balaban J connectivity index is 1.31. The van der Waals surface area contributed by atoms with Crippen LogP contribution in [-0.4, -0.2) is 69.8 Å². The van der Waals surface area contributed by atoms with Crippen molar-refractivity contribution >= 4 is 18.0 Å². The second kappa shape index (κ2) is 15.9. The topological polar surface area (TPSA) is 109 Å². The number of carbonyl (C=O) groups excluding carboxylic acids is 3. The number of amides is 2. The number of hydrogen-bond acceptors (Lipinski definition) is 7. The number of unbranched alkanes of at least 4 members (excludes halogenated alkanes) is 1. The Morgan fingerprint density at radius 1 is 0.795 bits per heavy atom. The number of allylic oxidation sites excluding steroid dienone is 2. The summed E-state index contributed by atoms with van der Waals surface area (Å²) in [4.78, 5) is 39.7. The van der Waals surface area contributed by atoms with Crippen molar-refractivity contribution in [2.45, 2.75) is 84.5 Å². The van der Waals surface area contributed by atoms with Gasteiger partial charge in [-0.2, -0.15) is 0 Å². The van der Waals surface area contributed by atoms with Crippen LogP contribution in [0.1, 0.15) is 84.5 Å². The monoisotopic (exact) mass is 546 g/mol. The van der Waals surface area contributed by atoms with Crippen molar-refractivity contribution in [3.8, 4) is 0 Å². The van der Waals surface area contributed by atoms with Crippen LogP contribution in [0.25, 0.3) is 0 Å². The molecule has 2 heterocycles. The first-order chi connectivity index (χ1) is 18.8. The van der Waals surface area contributed by atoms with Gasteiger partial charge >= 0.3 is 18.0 Å². The fourth-order valence-electron chi connectivity index (χ4n) is 6.68. The molecule has 220 valence electrons. The predicted octanol–water partition coefficient (Wildman–Crippen LogP) is 4.25. The maximum Gasteiger partial charge on any atom is 0.336 e. The van der Waals surface area contributed by atoms with Gasteiger partial charge in [-0.05, 0) is 77.4 Å². The van der Waals surface area contributed by atoms with E-state index in [9.17, 15) is 14.4 Å². The summed E-state index contributed by atoms with van der Waals surface area (Å²) in [7, 11) is 2.68. The summed E-state index contributed by atoms with van der Waals surface area (Å²) in [5.41, 5.74) is 2.27. The summed E-state index contributed by atoms with van der Waals surface area (Å²) < 4.78 is 9.96. The summed E-state index contributed by atoms with van der Waals surface area (Å²) in [6.45, 7) is 8.25. The minimum atomic E-state index is -0.454. The standard InChI is InChI=1S/C30H50N4O5/c1-21-26(28(35)38-3)25(27(22(2)33-21)29(36)39-4)13-8-9-16-31-30(37)32-17-10-18-34-19-14-24(15-20-34)23-11-6-5-7-12-23/h23-25,33H,5-20H2,1-4H3,(H2,31,32,37). The lowest BCUT2D eigenvalue weighted by molar-refractivity contribution is -0.137. The fourth-order valence-corrected chi connectivity index (χ4v) is 6.68. The third-order valence-electron chi connectivity index (χ3n) is 8.78. The van der Waals surface area contributed by atoms with Crippen molar-refractivity contribution < 1.29 is 23.9 Å². The van der Waals surface area contributed by atoms with E-state index in [1.54, 1.807) is 0 Å². The Morgan fingerprint density at radius 2 is 1.33 bits per heavy atom. The highest BCUT2D eigenvalue weighted by Crippen LogP contribution is 2.36. The number of urea groups is 1. The van der Waals surface area contributed by atoms with Crippen molar-refractivity contribution in [2.75, 3.05) is 46.9 Å². The largest absolute Gasteiger partial charge is 0.466 e. The molecule has 0 aromatic carbocycles. The van der Waals surface area contributed by atoms with E-state index in [0.717, 1.165) is 37.6 Å². The number of piperidine rings is 1. The smallest absolute Gasteiger partial charge is 0.336 e. The zero-order valence-corrected chi connectivity index (χ0v) is 24.5. The molecule has 0 atom stereocenters. The Hall–Kier alpha value is -2.55. The van der Waals surface area contributed by atoms with E-state index in [-0.39, 0.29) is 6.03 Å². The molecule has 0 unspecified atom stereocenters. The number of methoxy groups -OCH3 is 2. The molecular weight excluding hydrogens is 496 g/mol. The predicted molar refractivity (Wildman–Crippen MR) is 152 cm³/mol. The molecule has 1 saturated heterocycles. The van der Waals surface area contributed by atoms with E-state index in [4.69, 9.17) is 9.47 Å². The second-order valence-electron chi connectivity index (χ2n) is 11.3. The highest BCUT2D eigenvalue weighted by molar-refractivity contribution is 5.97. The number of nitrogens with one attached hydrogen (secondary N) is 3. The molecule has 9 heteroatoms. The molecule has 0 spiro atoms. The van der Waals surface area contributed by atoms with E-state index in [0.29, 0.717) is 42.1 Å². The first-order valence-electron chi connectivity index (χ1n) is 14.9. The second-order valence-corrected chi connectivity index (χ2v) is 11.3. The highest BCUT2D eigenvalue weighted by Gasteiger charge is 2.36. The molecule has 1 saturated carbocycles. The molecule has 2 amide bonds. The Kier molecular flexibility index (Phi) is 12.6. The van der Waals surface area contributed by atoms with Gasteiger partial charge in [0.25, 0.3) is 0 Å². The van der Waals surface area contributed by atoms with Crippen LogP contribution in [0.5, 0.6) is 0 Å². The van der Waals surface area contributed by atoms with Crippen LogP contribution in [0.3, 0.4) is 0 Å². The van der Waals surface area contributed by atoms with Crippen molar-refractivity contribution in [1.29, 1.82) is 0 Å². The van der Waals surface area contributed by atoms with Crippen molar-refractivity contribution in [2.24, 2.45) is 17.8 Å². The van der Waals surface area contributed by atoms with E-state index >= 15 is 0 Å². The van der Waals surface area contributed by atoms with Gasteiger partial charge < -0.3 is 30.3 Å². The minimum absolute atomic E-state index is 0.148. The summed E-state index contributed by atoms with van der Waals surface area (Å²) in [5, 5.41) is 9.00. The third kappa shape index (κ3) is 8.98. The first kappa shape index (κ1) is 31.0. The number of nitrogens with zero attached hydrogens (tertiary/aromatic N) is 1. The summed E-state index contributed by atoms with van der Waals surface area (Å²) in [6, 6.07) is -0.148. The summed E-state index contributed by atoms with van der Waals surface area (Å²) in [5.74, 6) is 0.582. The Morgan fingerprint density at radius 3 is 1.90 bits per heavy atom. The quantitative estimate of drug-likeness (QED) is 0.248. The van der Waals surface area contributed by atoms with Crippen LogP contribution in [0, 0.1) is 17.8 Å². The van der Waals surface area contributed by atoms with Crippen molar-refractivity contribution in [1.82, 2.24) is 20.9 Å². The zero-order chi connectivity index (χ0) is 28.2. The van der Waals surface area contributed by atoms with Gasteiger partial charge in [-0.15, -0.1) is 0 Å². The van der Waals surface area contributed by atoms with Gasteiger partial charge in [0.15, 0.2) is 0 Å². The maximum atomic E-state index is 12.5. The molecule has 0 bridgehead atoms. The summed E-state index contributed by atoms with van der Waals surface area (Å²) >= 11 is 0. The van der Waals surface area contributed by atoms with Gasteiger partial charge in [0.05, 0.1) is 25.4 Å². The van der Waals surface area contributed by atoms with Crippen LogP contribution in [0.4, 0.5) is 4.79 Å². The van der Waals surface area contributed by atoms with Gasteiger partial charge in [-0.25, -0.2) is 14.4 Å². The number of hydrogen-bond donors (Lipinski definition) is 3. The third-order valence-corrected chi connectivity index (χ3v) is 8.78. The highest BCUT2D eigenvalue weighted by atomic mass is 16.5. The normalized spacial score (nSPS) is 20.0. The van der Waals surface area contributed by atoms with E-state index < -0.39 is 17.9 Å². The number of carbonyl (C=O) groups is 3. The number of esters is 2. The van der Waals surface area contributed by atoms with Crippen LogP contribution in [0.15, 0.2) is 22.5 Å². The van der Waals surface area contributed by atoms with E-state index in [2.05, 4.69) is 20.9 Å². The Bertz CT molecular complexity index is 863. The van der Waals surface area contributed by atoms with Crippen LogP contribution >= 0.6 is 0 Å². The molecule has 3 rings (SSSR count). The minimum Gasteiger partial charge on any atom is -0.466 e. The molecule has 3 N–H and O–H groups in total. The molecule has 2 fully saturated rings. The zero-order valence-electron chi connectivity index (χ0n) is 24.5. The molecule has 0 radical (unpaired) electrons. The molecule has 39 heavy (non-hydrogen) atoms. The summed E-state index contributed by atoms with van der Waals surface area (Å²) in [6.07, 6.45) is 12.8. The molecular formula is C30H50N4O5. The Labute approximate surface area is 234 Å². The van der Waals surface area contributed by atoms with Crippen LogP contribution in [0.2, 0.25) is 0 Å². The molecule has 0 aromatic heterocycles. The molecule has 0 aromatic rings. The maximum absolute atomic E-state index is 12.5. The molecule has 3 aliphatic rings. The van der Waals surface area contributed by atoms with Gasteiger partial charge in [-0.1, -0.05) is 38.5 Å². The lowest BCUT2D eigenvalue weighted by Gasteiger charge is -2.37. The SMILES string of the molecule is COC(=O)C1=C(C)NC(C)=C(C(=O)OC)C1CCCCNC(=O)NCCCN1CCC(C2CCCCC2)CC1.